The van der Waals surface area contributed by atoms with Gasteiger partial charge in [-0.05, 0) is 24.6 Å². The number of benzene rings is 1. The van der Waals surface area contributed by atoms with E-state index in [-0.39, 0.29) is 17.3 Å². The first-order chi connectivity index (χ1) is 9.27. The molecule has 4 nitrogen and oxygen atoms in total. The summed E-state index contributed by atoms with van der Waals surface area (Å²) >= 11 is 5.73. The van der Waals surface area contributed by atoms with Crippen molar-refractivity contribution >= 4 is 23.3 Å². The SMILES string of the molecule is O=C(Nc1ccc(C(F)(F)F)cc1Cl)N1CC[C@@H](O)C1. The number of hydrogen-bond acceptors (Lipinski definition) is 2. The van der Waals surface area contributed by atoms with E-state index < -0.39 is 23.9 Å². The molecule has 0 saturated carbocycles. The lowest BCUT2D eigenvalue weighted by Gasteiger charge is -2.17. The summed E-state index contributed by atoms with van der Waals surface area (Å²) < 4.78 is 37.4. The van der Waals surface area contributed by atoms with Crippen molar-refractivity contribution in [3.8, 4) is 0 Å². The molecule has 0 aromatic heterocycles. The van der Waals surface area contributed by atoms with E-state index in [4.69, 9.17) is 11.6 Å². The number of anilines is 1. The molecule has 2 rings (SSSR count). The molecular formula is C12H12ClF3N2O2. The Morgan fingerprint density at radius 3 is 2.65 bits per heavy atom. The summed E-state index contributed by atoms with van der Waals surface area (Å²) in [5, 5.41) is 11.6. The molecule has 2 amide bonds. The van der Waals surface area contributed by atoms with Crippen molar-refractivity contribution in [1.29, 1.82) is 0 Å². The van der Waals surface area contributed by atoms with Crippen LogP contribution in [-0.2, 0) is 6.18 Å². The van der Waals surface area contributed by atoms with E-state index in [1.165, 1.54) is 4.90 Å². The van der Waals surface area contributed by atoms with Gasteiger partial charge in [0.05, 0.1) is 22.4 Å². The van der Waals surface area contributed by atoms with Crippen molar-refractivity contribution in [3.63, 3.8) is 0 Å². The predicted octanol–water partition coefficient (Wildman–Crippen LogP) is 2.96. The number of likely N-dealkylation sites (tertiary alicyclic amines) is 1. The van der Waals surface area contributed by atoms with Crippen molar-refractivity contribution in [2.45, 2.75) is 18.7 Å². The van der Waals surface area contributed by atoms with Crippen molar-refractivity contribution in [2.24, 2.45) is 0 Å². The molecule has 1 aliphatic rings. The highest BCUT2D eigenvalue weighted by Crippen LogP contribution is 2.33. The fourth-order valence-corrected chi connectivity index (χ4v) is 2.14. The van der Waals surface area contributed by atoms with E-state index in [0.29, 0.717) is 13.0 Å². The molecule has 110 valence electrons. The van der Waals surface area contributed by atoms with E-state index in [9.17, 15) is 23.1 Å². The molecule has 20 heavy (non-hydrogen) atoms. The zero-order valence-electron chi connectivity index (χ0n) is 10.2. The predicted molar refractivity (Wildman–Crippen MR) is 67.7 cm³/mol. The Hall–Kier alpha value is -1.47. The molecule has 0 bridgehead atoms. The number of nitrogens with zero attached hydrogens (tertiary/aromatic N) is 1. The summed E-state index contributed by atoms with van der Waals surface area (Å²) in [4.78, 5) is 13.2. The van der Waals surface area contributed by atoms with Gasteiger partial charge in [0.25, 0.3) is 0 Å². The van der Waals surface area contributed by atoms with Crippen LogP contribution in [0.3, 0.4) is 0 Å². The van der Waals surface area contributed by atoms with E-state index >= 15 is 0 Å². The minimum absolute atomic E-state index is 0.103. The number of β-amino-alcohol motifs (C(OH)–C–C–N with tert-alkyl or cyclic N) is 1. The van der Waals surface area contributed by atoms with Gasteiger partial charge >= 0.3 is 12.2 Å². The van der Waals surface area contributed by atoms with Crippen molar-refractivity contribution in [3.05, 3.63) is 28.8 Å². The van der Waals surface area contributed by atoms with Gasteiger partial charge in [-0.2, -0.15) is 13.2 Å². The fraction of sp³-hybridized carbons (Fsp3) is 0.417. The topological polar surface area (TPSA) is 52.6 Å². The van der Waals surface area contributed by atoms with Crippen molar-refractivity contribution < 1.29 is 23.1 Å². The zero-order chi connectivity index (χ0) is 14.9. The Morgan fingerprint density at radius 1 is 1.45 bits per heavy atom. The summed E-state index contributed by atoms with van der Waals surface area (Å²) in [6.45, 7) is 0.593. The van der Waals surface area contributed by atoms with Gasteiger partial charge in [-0.25, -0.2) is 4.79 Å². The summed E-state index contributed by atoms with van der Waals surface area (Å²) in [5.74, 6) is 0. The van der Waals surface area contributed by atoms with Crippen molar-refractivity contribution in [2.75, 3.05) is 18.4 Å². The molecule has 8 heteroatoms. The Labute approximate surface area is 118 Å². The molecule has 1 heterocycles. The van der Waals surface area contributed by atoms with Crippen LogP contribution in [0.2, 0.25) is 5.02 Å². The lowest BCUT2D eigenvalue weighted by Crippen LogP contribution is -2.33. The van der Waals surface area contributed by atoms with Gasteiger partial charge in [0, 0.05) is 13.1 Å². The molecule has 1 aromatic rings. The van der Waals surface area contributed by atoms with Crippen LogP contribution in [0.25, 0.3) is 0 Å². The number of aliphatic hydroxyl groups is 1. The Bertz CT molecular complexity index is 522. The maximum Gasteiger partial charge on any atom is 0.416 e. The van der Waals surface area contributed by atoms with Gasteiger partial charge < -0.3 is 15.3 Å². The normalized spacial score (nSPS) is 19.2. The van der Waals surface area contributed by atoms with Crippen LogP contribution in [0.5, 0.6) is 0 Å². The number of alkyl halides is 3. The molecule has 1 atom stereocenters. The highest BCUT2D eigenvalue weighted by atomic mass is 35.5. The van der Waals surface area contributed by atoms with E-state index in [0.717, 1.165) is 18.2 Å². The number of carbonyl (C=O) groups excluding carboxylic acids is 1. The molecular weight excluding hydrogens is 297 g/mol. The quantitative estimate of drug-likeness (QED) is 0.838. The highest BCUT2D eigenvalue weighted by Gasteiger charge is 2.31. The second kappa shape index (κ2) is 5.49. The zero-order valence-corrected chi connectivity index (χ0v) is 11.0. The maximum atomic E-state index is 12.5. The summed E-state index contributed by atoms with van der Waals surface area (Å²) in [6, 6.07) is 2.22. The number of rotatable bonds is 1. The monoisotopic (exact) mass is 308 g/mol. The highest BCUT2D eigenvalue weighted by molar-refractivity contribution is 6.33. The average Bonchev–Trinajstić information content (AvgIpc) is 2.77. The molecule has 1 saturated heterocycles. The third-order valence-electron chi connectivity index (χ3n) is 2.99. The van der Waals surface area contributed by atoms with Gasteiger partial charge in [0.1, 0.15) is 0 Å². The van der Waals surface area contributed by atoms with E-state index in [2.05, 4.69) is 5.32 Å². The third kappa shape index (κ3) is 3.34. The third-order valence-corrected chi connectivity index (χ3v) is 3.30. The lowest BCUT2D eigenvalue weighted by atomic mass is 10.2. The lowest BCUT2D eigenvalue weighted by molar-refractivity contribution is -0.137. The van der Waals surface area contributed by atoms with Gasteiger partial charge in [0.15, 0.2) is 0 Å². The van der Waals surface area contributed by atoms with Gasteiger partial charge in [-0.3, -0.25) is 0 Å². The van der Waals surface area contributed by atoms with Gasteiger partial charge in [-0.1, -0.05) is 11.6 Å². The summed E-state index contributed by atoms with van der Waals surface area (Å²) in [5.41, 5.74) is -0.775. The standard InChI is InChI=1S/C12H12ClF3N2O2/c13-9-5-7(12(14,15)16)1-2-10(9)17-11(20)18-4-3-8(19)6-18/h1-2,5,8,19H,3-4,6H2,(H,17,20)/t8-/m1/s1. The van der Waals surface area contributed by atoms with Crippen LogP contribution in [-0.4, -0.2) is 35.2 Å². The Morgan fingerprint density at radius 2 is 2.15 bits per heavy atom. The molecule has 0 radical (unpaired) electrons. The molecule has 0 spiro atoms. The van der Waals surface area contributed by atoms with Crippen LogP contribution in [0.4, 0.5) is 23.7 Å². The van der Waals surface area contributed by atoms with Crippen LogP contribution in [0.1, 0.15) is 12.0 Å². The first-order valence-corrected chi connectivity index (χ1v) is 6.26. The average molecular weight is 309 g/mol. The number of halogens is 4. The smallest absolute Gasteiger partial charge is 0.391 e. The molecule has 2 N–H and O–H groups in total. The van der Waals surface area contributed by atoms with Crippen LogP contribution >= 0.6 is 11.6 Å². The summed E-state index contributed by atoms with van der Waals surface area (Å²) in [7, 11) is 0. The van der Waals surface area contributed by atoms with Crippen LogP contribution < -0.4 is 5.32 Å². The van der Waals surface area contributed by atoms with Crippen LogP contribution in [0, 0.1) is 0 Å². The summed E-state index contributed by atoms with van der Waals surface area (Å²) in [6.07, 6.45) is -4.57. The first-order valence-electron chi connectivity index (χ1n) is 5.88. The van der Waals surface area contributed by atoms with Crippen molar-refractivity contribution in [1.82, 2.24) is 4.90 Å². The van der Waals surface area contributed by atoms with Gasteiger partial charge in [-0.15, -0.1) is 0 Å². The number of carbonyl (C=O) groups is 1. The van der Waals surface area contributed by atoms with E-state index in [1.807, 2.05) is 0 Å². The second-order valence-corrected chi connectivity index (χ2v) is 4.92. The molecule has 1 aliphatic heterocycles. The number of nitrogens with one attached hydrogen (secondary N) is 1. The fourth-order valence-electron chi connectivity index (χ4n) is 1.91. The largest absolute Gasteiger partial charge is 0.416 e. The first kappa shape index (κ1) is 14.9. The van der Waals surface area contributed by atoms with E-state index in [1.54, 1.807) is 0 Å². The number of amides is 2. The minimum Gasteiger partial charge on any atom is -0.391 e. The van der Waals surface area contributed by atoms with Crippen LogP contribution in [0.15, 0.2) is 18.2 Å². The molecule has 0 unspecified atom stereocenters. The Balaban J connectivity index is 2.08. The number of aliphatic hydroxyl groups excluding tert-OH is 1. The number of urea groups is 1. The molecule has 0 aliphatic carbocycles. The molecule has 1 fully saturated rings. The number of hydrogen-bond donors (Lipinski definition) is 2. The maximum absolute atomic E-state index is 12.5. The molecule has 1 aromatic carbocycles. The van der Waals surface area contributed by atoms with Gasteiger partial charge in [0.2, 0.25) is 0 Å². The Kier molecular flexibility index (Phi) is 4.10. The second-order valence-electron chi connectivity index (χ2n) is 4.51. The minimum atomic E-state index is -4.48.